The molecule has 0 saturated heterocycles. The van der Waals surface area contributed by atoms with Crippen LogP contribution in [0.5, 0.6) is 0 Å². The van der Waals surface area contributed by atoms with Gasteiger partial charge in [-0.25, -0.2) is 0 Å². The largest absolute Gasteiger partial charge is 0.759 e. The smallest absolute Gasteiger partial charge is 0.0928 e. The average Bonchev–Trinajstić information content (AvgIpc) is 2.48. The summed E-state index contributed by atoms with van der Waals surface area (Å²) in [5.74, 6) is 0. The lowest BCUT2D eigenvalue weighted by Crippen LogP contribution is -2.89. The zero-order valence-electron chi connectivity index (χ0n) is 15.7. The summed E-state index contributed by atoms with van der Waals surface area (Å²) in [5.41, 5.74) is 0. The van der Waals surface area contributed by atoms with Crippen LogP contribution in [-0.2, 0) is 10.4 Å². The van der Waals surface area contributed by atoms with Crippen LogP contribution >= 0.6 is 0 Å². The van der Waals surface area contributed by atoms with Gasteiger partial charge in [-0.05, 0) is 13.8 Å². The van der Waals surface area contributed by atoms with Gasteiger partial charge in [-0.2, -0.15) is 0 Å². The van der Waals surface area contributed by atoms with Crippen LogP contribution in [0.2, 0.25) is 0 Å². The highest BCUT2D eigenvalue weighted by atomic mass is 32.3. The van der Waals surface area contributed by atoms with Crippen LogP contribution in [0.25, 0.3) is 0 Å². The van der Waals surface area contributed by atoms with E-state index in [1.165, 1.54) is 0 Å². The Morgan fingerprint density at radius 1 is 0.760 bits per heavy atom. The van der Waals surface area contributed by atoms with Gasteiger partial charge in [0.2, 0.25) is 0 Å². The second-order valence-electron chi connectivity index (χ2n) is 5.31. The molecule has 0 spiro atoms. The molecule has 0 aliphatic rings. The van der Waals surface area contributed by atoms with Gasteiger partial charge in [0, 0.05) is 36.1 Å². The van der Waals surface area contributed by atoms with Crippen LogP contribution < -0.4 is 10.6 Å². The van der Waals surface area contributed by atoms with Crippen LogP contribution in [0, 0.1) is 0 Å². The molecular formula is C18H36N2O4S. The Bertz CT molecular complexity index is 382. The minimum atomic E-state index is -5.17. The molecule has 0 saturated carbocycles. The molecule has 25 heavy (non-hydrogen) atoms. The van der Waals surface area contributed by atoms with Gasteiger partial charge in [-0.1, -0.05) is 24.3 Å². The summed E-state index contributed by atoms with van der Waals surface area (Å²) in [6.45, 7) is 21.5. The molecule has 0 atom stereocenters. The van der Waals surface area contributed by atoms with E-state index in [0.29, 0.717) is 12.1 Å². The van der Waals surface area contributed by atoms with Crippen LogP contribution in [0.1, 0.15) is 39.5 Å². The Labute approximate surface area is 154 Å². The molecule has 6 nitrogen and oxygen atoms in total. The van der Waals surface area contributed by atoms with E-state index in [0.717, 1.165) is 38.8 Å². The fourth-order valence-electron chi connectivity index (χ4n) is 2.10. The molecule has 0 bridgehead atoms. The molecule has 0 heterocycles. The first-order valence-corrected chi connectivity index (χ1v) is 9.80. The number of hydrogen-bond donors (Lipinski definition) is 2. The summed E-state index contributed by atoms with van der Waals surface area (Å²) >= 11 is 0. The van der Waals surface area contributed by atoms with E-state index in [1.807, 2.05) is 24.3 Å². The summed E-state index contributed by atoms with van der Waals surface area (Å²) in [4.78, 5) is 0. The predicted molar refractivity (Wildman–Crippen MR) is 102 cm³/mol. The SMILES string of the molecule is C=CCC(CC=C)[NH2+]CC.C=CCC(CC=C)[NH2+]CC.O=S(=O)([O-])[O-]. The fourth-order valence-corrected chi connectivity index (χ4v) is 2.10. The van der Waals surface area contributed by atoms with Crippen molar-refractivity contribution in [3.05, 3.63) is 50.6 Å². The first-order chi connectivity index (χ1) is 11.7. The van der Waals surface area contributed by atoms with Gasteiger partial charge >= 0.3 is 0 Å². The van der Waals surface area contributed by atoms with Gasteiger partial charge in [0.1, 0.15) is 0 Å². The topological polar surface area (TPSA) is 113 Å². The Kier molecular flexibility index (Phi) is 23.7. The normalized spacial score (nSPS) is 10.2. The highest BCUT2D eigenvalue weighted by Gasteiger charge is 2.04. The molecule has 0 unspecified atom stereocenters. The van der Waals surface area contributed by atoms with E-state index in [1.54, 1.807) is 0 Å². The Balaban J connectivity index is -0.000000308. The number of nitrogens with two attached hydrogens (primary N) is 2. The monoisotopic (exact) mass is 376 g/mol. The van der Waals surface area contributed by atoms with Crippen molar-refractivity contribution in [2.45, 2.75) is 51.6 Å². The van der Waals surface area contributed by atoms with Gasteiger partial charge in [-0.3, -0.25) is 8.42 Å². The highest BCUT2D eigenvalue weighted by molar-refractivity contribution is 7.79. The fraction of sp³-hybridized carbons (Fsp3) is 0.556. The zero-order valence-corrected chi connectivity index (χ0v) is 16.5. The van der Waals surface area contributed by atoms with E-state index < -0.39 is 10.4 Å². The third-order valence-corrected chi connectivity index (χ3v) is 3.02. The van der Waals surface area contributed by atoms with Crippen LogP contribution in [0.4, 0.5) is 0 Å². The quantitative estimate of drug-likeness (QED) is 0.298. The minimum Gasteiger partial charge on any atom is -0.759 e. The van der Waals surface area contributed by atoms with Crippen molar-refractivity contribution in [2.24, 2.45) is 0 Å². The van der Waals surface area contributed by atoms with E-state index in [9.17, 15) is 0 Å². The Morgan fingerprint density at radius 3 is 1.08 bits per heavy atom. The maximum Gasteiger partial charge on any atom is 0.0928 e. The van der Waals surface area contributed by atoms with Crippen molar-refractivity contribution in [1.82, 2.24) is 0 Å². The van der Waals surface area contributed by atoms with E-state index in [2.05, 4.69) is 50.8 Å². The molecule has 0 aromatic heterocycles. The average molecular weight is 377 g/mol. The lowest BCUT2D eigenvalue weighted by atomic mass is 10.1. The molecule has 0 fully saturated rings. The molecule has 0 aliphatic heterocycles. The van der Waals surface area contributed by atoms with Gasteiger partial charge < -0.3 is 19.7 Å². The second kappa shape index (κ2) is 20.8. The van der Waals surface area contributed by atoms with Crippen molar-refractivity contribution in [3.63, 3.8) is 0 Å². The summed E-state index contributed by atoms with van der Waals surface area (Å²) < 4.78 is 34.1. The van der Waals surface area contributed by atoms with Crippen LogP contribution in [0.3, 0.4) is 0 Å². The molecule has 4 N–H and O–H groups in total. The zero-order chi connectivity index (χ0) is 20.1. The second-order valence-corrected chi connectivity index (χ2v) is 6.13. The predicted octanol–water partition coefficient (Wildman–Crippen LogP) is 0.843. The highest BCUT2D eigenvalue weighted by Crippen LogP contribution is 1.93. The number of rotatable bonds is 12. The molecule has 0 radical (unpaired) electrons. The maximum atomic E-state index is 8.52. The molecule has 0 amide bonds. The van der Waals surface area contributed by atoms with Crippen LogP contribution in [0.15, 0.2) is 50.6 Å². The van der Waals surface area contributed by atoms with Gasteiger partial charge in [0.25, 0.3) is 0 Å². The summed E-state index contributed by atoms with van der Waals surface area (Å²) in [6.07, 6.45) is 12.2. The Morgan fingerprint density at radius 2 is 0.960 bits per heavy atom. The van der Waals surface area contributed by atoms with Crippen molar-refractivity contribution < 1.29 is 28.2 Å². The van der Waals surface area contributed by atoms with E-state index in [4.69, 9.17) is 17.5 Å². The minimum absolute atomic E-state index is 0.667. The van der Waals surface area contributed by atoms with E-state index >= 15 is 0 Å². The molecule has 0 aliphatic carbocycles. The molecular weight excluding hydrogens is 340 g/mol. The van der Waals surface area contributed by atoms with Crippen LogP contribution in [-0.4, -0.2) is 42.7 Å². The Hall–Kier alpha value is -1.25. The number of hydrogen-bond acceptors (Lipinski definition) is 4. The first-order valence-electron chi connectivity index (χ1n) is 8.46. The maximum absolute atomic E-state index is 8.52. The summed E-state index contributed by atoms with van der Waals surface area (Å²) in [5, 5.41) is 4.65. The summed E-state index contributed by atoms with van der Waals surface area (Å²) in [6, 6.07) is 1.33. The number of quaternary nitrogens is 2. The summed E-state index contributed by atoms with van der Waals surface area (Å²) in [7, 11) is -5.17. The lowest BCUT2D eigenvalue weighted by molar-refractivity contribution is -0.685. The molecule has 7 heteroatoms. The molecule has 0 rings (SSSR count). The first kappa shape index (κ1) is 28.5. The lowest BCUT2D eigenvalue weighted by Gasteiger charge is -2.08. The standard InChI is InChI=1S/2C9H17N.H2O4S/c2*1-4-7-9(8-5-2)10-6-3;1-5(2,3)4/h2*4-5,9-10H,1-2,6-8H2,3H3;(H2,1,2,3,4). The van der Waals surface area contributed by atoms with Crippen molar-refractivity contribution >= 4 is 10.4 Å². The van der Waals surface area contributed by atoms with Gasteiger partial charge in [0.05, 0.1) is 25.2 Å². The third-order valence-electron chi connectivity index (χ3n) is 3.02. The molecule has 148 valence electrons. The van der Waals surface area contributed by atoms with Gasteiger partial charge in [-0.15, -0.1) is 26.3 Å². The van der Waals surface area contributed by atoms with Gasteiger partial charge in [0.15, 0.2) is 0 Å². The van der Waals surface area contributed by atoms with Crippen molar-refractivity contribution in [3.8, 4) is 0 Å². The third kappa shape index (κ3) is 34.9. The van der Waals surface area contributed by atoms with Crippen molar-refractivity contribution in [2.75, 3.05) is 13.1 Å². The molecule has 0 aromatic rings. The molecule has 0 aromatic carbocycles. The van der Waals surface area contributed by atoms with Crippen molar-refractivity contribution in [1.29, 1.82) is 0 Å². The van der Waals surface area contributed by atoms with E-state index in [-0.39, 0.29) is 0 Å².